The number of rotatable bonds is 6. The molecule has 0 saturated carbocycles. The second kappa shape index (κ2) is 6.82. The van der Waals surface area contributed by atoms with Crippen LogP contribution in [0.4, 0.5) is 0 Å². The van der Waals surface area contributed by atoms with Crippen LogP contribution in [-0.2, 0) is 9.53 Å². The number of carbonyl (C=O) groups is 3. The average molecular weight is 318 g/mol. The standard InChI is InChI=1S/C15H14N2O6/c1-23-15(21)12(16-22)11(18)7-4-8-17-13(19)9-5-2-3-6-10(9)14(17)20/h2-3,5-6,18H,4,7-8H2,1H3/b12-11+. The van der Waals surface area contributed by atoms with Gasteiger partial charge in [0.2, 0.25) is 5.70 Å². The van der Waals surface area contributed by atoms with Crippen molar-refractivity contribution in [2.75, 3.05) is 13.7 Å². The van der Waals surface area contributed by atoms with Crippen LogP contribution in [0.15, 0.2) is 40.9 Å². The third-order valence-corrected chi connectivity index (χ3v) is 3.42. The monoisotopic (exact) mass is 318 g/mol. The molecule has 0 atom stereocenters. The van der Waals surface area contributed by atoms with Gasteiger partial charge < -0.3 is 9.84 Å². The summed E-state index contributed by atoms with van der Waals surface area (Å²) in [6.45, 7) is 0.0454. The fourth-order valence-corrected chi connectivity index (χ4v) is 2.27. The van der Waals surface area contributed by atoms with Crippen LogP contribution in [-0.4, -0.2) is 41.4 Å². The van der Waals surface area contributed by atoms with E-state index in [1.54, 1.807) is 24.3 Å². The van der Waals surface area contributed by atoms with Crippen molar-refractivity contribution in [2.24, 2.45) is 5.18 Å². The van der Waals surface area contributed by atoms with Gasteiger partial charge in [-0.1, -0.05) is 12.1 Å². The number of aliphatic hydroxyl groups is 1. The number of allylic oxidation sites excluding steroid dienone is 1. The number of hydrogen-bond donors (Lipinski definition) is 1. The molecule has 0 radical (unpaired) electrons. The van der Waals surface area contributed by atoms with Crippen molar-refractivity contribution in [3.63, 3.8) is 0 Å². The number of esters is 1. The summed E-state index contributed by atoms with van der Waals surface area (Å²) in [7, 11) is 1.06. The molecule has 120 valence electrons. The van der Waals surface area contributed by atoms with Crippen LogP contribution < -0.4 is 0 Å². The van der Waals surface area contributed by atoms with Crippen molar-refractivity contribution in [3.05, 3.63) is 51.8 Å². The smallest absolute Gasteiger partial charge is 0.363 e. The maximum atomic E-state index is 12.1. The van der Waals surface area contributed by atoms with E-state index in [4.69, 9.17) is 0 Å². The largest absolute Gasteiger partial charge is 0.510 e. The van der Waals surface area contributed by atoms with Crippen LogP contribution in [0.2, 0.25) is 0 Å². The summed E-state index contributed by atoms with van der Waals surface area (Å²) in [5.41, 5.74) is -0.0426. The number of imide groups is 1. The van der Waals surface area contributed by atoms with E-state index in [0.717, 1.165) is 12.0 Å². The second-order valence-electron chi connectivity index (χ2n) is 4.79. The van der Waals surface area contributed by atoms with Gasteiger partial charge in [0.15, 0.2) is 0 Å². The highest BCUT2D eigenvalue weighted by molar-refractivity contribution is 6.21. The lowest BCUT2D eigenvalue weighted by Gasteiger charge is -2.13. The molecule has 1 aliphatic rings. The van der Waals surface area contributed by atoms with E-state index in [9.17, 15) is 24.4 Å². The van der Waals surface area contributed by atoms with Crippen molar-refractivity contribution in [1.29, 1.82) is 0 Å². The van der Waals surface area contributed by atoms with Gasteiger partial charge in [-0.05, 0) is 23.7 Å². The minimum atomic E-state index is -1.04. The van der Waals surface area contributed by atoms with E-state index in [-0.39, 0.29) is 19.4 Å². The SMILES string of the molecule is COC(=O)/C(N=O)=C(\O)CCCN1C(=O)c2ccccc2C1=O. The van der Waals surface area contributed by atoms with Gasteiger partial charge in [0.1, 0.15) is 5.76 Å². The number of nitroso groups, excluding NO2 is 1. The van der Waals surface area contributed by atoms with E-state index >= 15 is 0 Å². The molecule has 8 nitrogen and oxygen atoms in total. The molecule has 1 aromatic rings. The maximum absolute atomic E-state index is 12.1. The number of fused-ring (bicyclic) bond motifs is 1. The number of amides is 2. The van der Waals surface area contributed by atoms with Gasteiger partial charge in [-0.3, -0.25) is 14.5 Å². The molecule has 0 fully saturated rings. The molecule has 0 spiro atoms. The van der Waals surface area contributed by atoms with Gasteiger partial charge in [0.05, 0.1) is 18.2 Å². The highest BCUT2D eigenvalue weighted by Crippen LogP contribution is 2.23. The van der Waals surface area contributed by atoms with E-state index in [2.05, 4.69) is 9.91 Å². The molecule has 0 saturated heterocycles. The molecule has 2 rings (SSSR count). The van der Waals surface area contributed by atoms with Crippen molar-refractivity contribution >= 4 is 17.8 Å². The zero-order valence-corrected chi connectivity index (χ0v) is 12.3. The number of methoxy groups -OCH3 is 1. The third kappa shape index (κ3) is 3.10. The van der Waals surface area contributed by atoms with Crippen LogP contribution in [0.3, 0.4) is 0 Å². The van der Waals surface area contributed by atoms with Gasteiger partial charge in [-0.2, -0.15) is 0 Å². The molecule has 8 heteroatoms. The Labute approximate surface area is 131 Å². The molecule has 0 unspecified atom stereocenters. The highest BCUT2D eigenvalue weighted by Gasteiger charge is 2.34. The number of benzene rings is 1. The minimum absolute atomic E-state index is 0.0454. The van der Waals surface area contributed by atoms with Crippen molar-refractivity contribution < 1.29 is 24.2 Å². The summed E-state index contributed by atoms with van der Waals surface area (Å²) < 4.78 is 4.31. The van der Waals surface area contributed by atoms with Gasteiger partial charge in [-0.15, -0.1) is 4.91 Å². The molecule has 1 aromatic carbocycles. The average Bonchev–Trinajstić information content (AvgIpc) is 2.80. The zero-order valence-electron chi connectivity index (χ0n) is 12.3. The highest BCUT2D eigenvalue weighted by atomic mass is 16.5. The Balaban J connectivity index is 2.02. The van der Waals surface area contributed by atoms with E-state index in [1.165, 1.54) is 0 Å². The first-order chi connectivity index (χ1) is 11.0. The first-order valence-electron chi connectivity index (χ1n) is 6.80. The Morgan fingerprint density at radius 1 is 1.22 bits per heavy atom. The predicted octanol–water partition coefficient (Wildman–Crippen LogP) is 1.77. The van der Waals surface area contributed by atoms with Crippen LogP contribution in [0.25, 0.3) is 0 Å². The lowest BCUT2D eigenvalue weighted by atomic mass is 10.1. The summed E-state index contributed by atoms with van der Waals surface area (Å²) in [6, 6.07) is 6.47. The Morgan fingerprint density at radius 3 is 2.26 bits per heavy atom. The molecule has 23 heavy (non-hydrogen) atoms. The van der Waals surface area contributed by atoms with E-state index in [1.807, 2.05) is 0 Å². The molecule has 0 bridgehead atoms. The molecular formula is C15H14N2O6. The number of nitrogens with zero attached hydrogens (tertiary/aromatic N) is 2. The van der Waals surface area contributed by atoms with Crippen LogP contribution in [0.1, 0.15) is 33.6 Å². The summed E-state index contributed by atoms with van der Waals surface area (Å²) in [6.07, 6.45) is 0.0803. The summed E-state index contributed by atoms with van der Waals surface area (Å²) >= 11 is 0. The first kappa shape index (κ1) is 16.3. The molecule has 0 aromatic heterocycles. The minimum Gasteiger partial charge on any atom is -0.510 e. The van der Waals surface area contributed by atoms with Crippen molar-refractivity contribution in [2.45, 2.75) is 12.8 Å². The van der Waals surface area contributed by atoms with Gasteiger partial charge in [-0.25, -0.2) is 4.79 Å². The fourth-order valence-electron chi connectivity index (χ4n) is 2.27. The number of hydrogen-bond acceptors (Lipinski definition) is 7. The van der Waals surface area contributed by atoms with Gasteiger partial charge in [0.25, 0.3) is 11.8 Å². The summed E-state index contributed by atoms with van der Waals surface area (Å²) in [5, 5.41) is 12.1. The lowest BCUT2D eigenvalue weighted by molar-refractivity contribution is -0.136. The quantitative estimate of drug-likeness (QED) is 0.281. The Bertz CT molecular complexity index is 675. The summed E-state index contributed by atoms with van der Waals surface area (Å²) in [4.78, 5) is 47.0. The zero-order chi connectivity index (χ0) is 17.0. The third-order valence-electron chi connectivity index (χ3n) is 3.42. The Hall–Kier alpha value is -3.03. The molecule has 1 heterocycles. The summed E-state index contributed by atoms with van der Waals surface area (Å²) in [5.74, 6) is -2.40. The molecule has 1 aliphatic heterocycles. The lowest BCUT2D eigenvalue weighted by Crippen LogP contribution is -2.30. The molecule has 1 N–H and O–H groups in total. The maximum Gasteiger partial charge on any atom is 0.363 e. The topological polar surface area (TPSA) is 113 Å². The Kier molecular flexibility index (Phi) is 4.85. The molecule has 0 aliphatic carbocycles. The van der Waals surface area contributed by atoms with Gasteiger partial charge in [0, 0.05) is 13.0 Å². The van der Waals surface area contributed by atoms with E-state index < -0.39 is 29.2 Å². The molecular weight excluding hydrogens is 304 g/mol. The first-order valence-corrected chi connectivity index (χ1v) is 6.80. The Morgan fingerprint density at radius 2 is 1.78 bits per heavy atom. The van der Waals surface area contributed by atoms with Crippen LogP contribution >= 0.6 is 0 Å². The van der Waals surface area contributed by atoms with E-state index in [0.29, 0.717) is 11.1 Å². The second-order valence-corrected chi connectivity index (χ2v) is 4.79. The van der Waals surface area contributed by atoms with Gasteiger partial charge >= 0.3 is 5.97 Å². The van der Waals surface area contributed by atoms with Crippen LogP contribution in [0.5, 0.6) is 0 Å². The van der Waals surface area contributed by atoms with Crippen LogP contribution in [0, 0.1) is 4.91 Å². The predicted molar refractivity (Wildman–Crippen MR) is 78.5 cm³/mol. The molecule has 2 amide bonds. The van der Waals surface area contributed by atoms with Crippen molar-refractivity contribution in [1.82, 2.24) is 4.90 Å². The normalized spacial score (nSPS) is 14.4. The number of aliphatic hydroxyl groups excluding tert-OH is 1. The fraction of sp³-hybridized carbons (Fsp3) is 0.267. The number of carbonyl (C=O) groups excluding carboxylic acids is 3. The van der Waals surface area contributed by atoms with Crippen molar-refractivity contribution in [3.8, 4) is 0 Å². The number of ether oxygens (including phenoxy) is 1.